The third-order valence-electron chi connectivity index (χ3n) is 5.26. The predicted molar refractivity (Wildman–Crippen MR) is 122 cm³/mol. The van der Waals surface area contributed by atoms with Gasteiger partial charge in [-0.15, -0.1) is 0 Å². The molecule has 1 amide bonds. The van der Waals surface area contributed by atoms with E-state index in [9.17, 15) is 4.79 Å². The van der Waals surface area contributed by atoms with Gasteiger partial charge in [-0.1, -0.05) is 61.5 Å². The maximum Gasteiger partial charge on any atom is 0.227 e. The Bertz CT molecular complexity index is 1150. The first-order chi connectivity index (χ1) is 15.6. The second kappa shape index (κ2) is 10.0. The molecule has 0 radical (unpaired) electrons. The highest BCUT2D eigenvalue weighted by Crippen LogP contribution is 2.20. The first-order valence-electron chi connectivity index (χ1n) is 10.9. The highest BCUT2D eigenvalue weighted by atomic mass is 16.5. The SMILES string of the molecule is CC(C)c1ccc(-c2noc(CCC(=O)NCCc3cnn(-c4ccccc4)c3)n2)cc1. The molecule has 0 aliphatic heterocycles. The van der Waals surface area contributed by atoms with E-state index in [1.807, 2.05) is 59.5 Å². The lowest BCUT2D eigenvalue weighted by Crippen LogP contribution is -2.25. The molecule has 2 aromatic carbocycles. The summed E-state index contributed by atoms with van der Waals surface area (Å²) in [4.78, 5) is 16.6. The van der Waals surface area contributed by atoms with Crippen molar-refractivity contribution in [3.8, 4) is 17.1 Å². The summed E-state index contributed by atoms with van der Waals surface area (Å²) in [5.74, 6) is 1.45. The molecule has 4 rings (SSSR count). The Balaban J connectivity index is 1.21. The van der Waals surface area contributed by atoms with E-state index in [-0.39, 0.29) is 5.91 Å². The molecule has 164 valence electrons. The molecule has 0 aliphatic carbocycles. The van der Waals surface area contributed by atoms with Crippen LogP contribution in [-0.4, -0.2) is 32.4 Å². The highest BCUT2D eigenvalue weighted by Gasteiger charge is 2.11. The molecule has 0 atom stereocenters. The third kappa shape index (κ3) is 5.49. The summed E-state index contributed by atoms with van der Waals surface area (Å²) in [6, 6.07) is 18.1. The number of nitrogens with one attached hydrogen (secondary N) is 1. The normalized spacial score (nSPS) is 11.1. The number of carbonyl (C=O) groups excluding carboxylic acids is 1. The van der Waals surface area contributed by atoms with E-state index >= 15 is 0 Å². The van der Waals surface area contributed by atoms with Crippen LogP contribution in [0.5, 0.6) is 0 Å². The number of aryl methyl sites for hydroxylation is 1. The van der Waals surface area contributed by atoms with E-state index < -0.39 is 0 Å². The van der Waals surface area contributed by atoms with Crippen molar-refractivity contribution in [3.05, 3.63) is 84.0 Å². The van der Waals surface area contributed by atoms with Crippen LogP contribution in [0.2, 0.25) is 0 Å². The molecule has 2 heterocycles. The van der Waals surface area contributed by atoms with Crippen molar-refractivity contribution >= 4 is 5.91 Å². The van der Waals surface area contributed by atoms with E-state index in [1.54, 1.807) is 0 Å². The average molecular weight is 430 g/mol. The molecule has 7 heteroatoms. The van der Waals surface area contributed by atoms with Crippen LogP contribution in [0.15, 0.2) is 71.5 Å². The molecule has 0 aliphatic rings. The molecule has 0 unspecified atom stereocenters. The Morgan fingerprint density at radius 3 is 2.59 bits per heavy atom. The van der Waals surface area contributed by atoms with Crippen molar-refractivity contribution in [2.45, 2.75) is 39.0 Å². The lowest BCUT2D eigenvalue weighted by molar-refractivity contribution is -0.121. The third-order valence-corrected chi connectivity index (χ3v) is 5.26. The average Bonchev–Trinajstić information content (AvgIpc) is 3.48. The summed E-state index contributed by atoms with van der Waals surface area (Å²) in [6.07, 6.45) is 5.24. The van der Waals surface area contributed by atoms with Crippen LogP contribution in [0, 0.1) is 0 Å². The number of para-hydroxylation sites is 1. The largest absolute Gasteiger partial charge is 0.356 e. The van der Waals surface area contributed by atoms with Crippen LogP contribution in [0.25, 0.3) is 17.1 Å². The summed E-state index contributed by atoms with van der Waals surface area (Å²) in [5.41, 5.74) is 4.25. The highest BCUT2D eigenvalue weighted by molar-refractivity contribution is 5.76. The van der Waals surface area contributed by atoms with Crippen molar-refractivity contribution in [1.82, 2.24) is 25.2 Å². The van der Waals surface area contributed by atoms with Gasteiger partial charge in [-0.2, -0.15) is 10.1 Å². The van der Waals surface area contributed by atoms with Gasteiger partial charge in [0.25, 0.3) is 0 Å². The molecule has 2 aromatic heterocycles. The van der Waals surface area contributed by atoms with Crippen LogP contribution in [0.1, 0.15) is 43.2 Å². The van der Waals surface area contributed by atoms with Gasteiger partial charge in [0.1, 0.15) is 0 Å². The number of hydrogen-bond donors (Lipinski definition) is 1. The van der Waals surface area contributed by atoms with Crippen LogP contribution in [0.4, 0.5) is 0 Å². The first kappa shape index (κ1) is 21.5. The second-order valence-corrected chi connectivity index (χ2v) is 8.02. The number of aromatic nitrogens is 4. The topological polar surface area (TPSA) is 85.8 Å². The number of hydrogen-bond acceptors (Lipinski definition) is 5. The molecule has 0 saturated heterocycles. The predicted octanol–water partition coefficient (Wildman–Crippen LogP) is 4.34. The number of carbonyl (C=O) groups is 1. The van der Waals surface area contributed by atoms with E-state index in [1.165, 1.54) is 5.56 Å². The van der Waals surface area contributed by atoms with Gasteiger partial charge in [-0.25, -0.2) is 4.68 Å². The Labute approximate surface area is 187 Å². The van der Waals surface area contributed by atoms with Gasteiger partial charge in [-0.3, -0.25) is 4.79 Å². The summed E-state index contributed by atoms with van der Waals surface area (Å²) in [6.45, 7) is 4.87. The fourth-order valence-corrected chi connectivity index (χ4v) is 3.36. The Hall–Kier alpha value is -3.74. The first-order valence-corrected chi connectivity index (χ1v) is 10.9. The van der Waals surface area contributed by atoms with E-state index in [2.05, 4.69) is 46.5 Å². The molecule has 7 nitrogen and oxygen atoms in total. The fraction of sp³-hybridized carbons (Fsp3) is 0.280. The van der Waals surface area contributed by atoms with E-state index in [4.69, 9.17) is 4.52 Å². The van der Waals surface area contributed by atoms with Gasteiger partial charge in [0, 0.05) is 31.1 Å². The van der Waals surface area contributed by atoms with Crippen molar-refractivity contribution in [2.24, 2.45) is 0 Å². The van der Waals surface area contributed by atoms with Gasteiger partial charge in [0.15, 0.2) is 0 Å². The van der Waals surface area contributed by atoms with Gasteiger partial charge < -0.3 is 9.84 Å². The van der Waals surface area contributed by atoms with Gasteiger partial charge >= 0.3 is 0 Å². The van der Waals surface area contributed by atoms with Crippen LogP contribution < -0.4 is 5.32 Å². The number of benzene rings is 2. The van der Waals surface area contributed by atoms with Crippen molar-refractivity contribution in [1.29, 1.82) is 0 Å². The zero-order valence-electron chi connectivity index (χ0n) is 18.4. The summed E-state index contributed by atoms with van der Waals surface area (Å²) in [7, 11) is 0. The van der Waals surface area contributed by atoms with Crippen LogP contribution in [0.3, 0.4) is 0 Å². The molecule has 0 spiro atoms. The Kier molecular flexibility index (Phi) is 6.75. The minimum absolute atomic E-state index is 0.0403. The maximum absolute atomic E-state index is 12.2. The van der Waals surface area contributed by atoms with Crippen molar-refractivity contribution in [2.75, 3.05) is 6.54 Å². The molecule has 1 N–H and O–H groups in total. The van der Waals surface area contributed by atoms with Gasteiger partial charge in [0.05, 0.1) is 11.9 Å². The zero-order valence-corrected chi connectivity index (χ0v) is 18.4. The smallest absolute Gasteiger partial charge is 0.227 e. The Morgan fingerprint density at radius 2 is 1.84 bits per heavy atom. The van der Waals surface area contributed by atoms with Crippen LogP contribution >= 0.6 is 0 Å². The molecular formula is C25H27N5O2. The lowest BCUT2D eigenvalue weighted by Gasteiger charge is -2.04. The zero-order chi connectivity index (χ0) is 22.3. The van der Waals surface area contributed by atoms with Crippen molar-refractivity contribution in [3.63, 3.8) is 0 Å². The number of rotatable bonds is 9. The summed E-state index contributed by atoms with van der Waals surface area (Å²) < 4.78 is 7.15. The molecular weight excluding hydrogens is 402 g/mol. The van der Waals surface area contributed by atoms with Gasteiger partial charge in [0.2, 0.25) is 17.6 Å². The molecule has 0 fully saturated rings. The Morgan fingerprint density at radius 1 is 1.06 bits per heavy atom. The lowest BCUT2D eigenvalue weighted by atomic mass is 10.0. The van der Waals surface area contributed by atoms with E-state index in [0.29, 0.717) is 37.0 Å². The minimum Gasteiger partial charge on any atom is -0.356 e. The van der Waals surface area contributed by atoms with Crippen molar-refractivity contribution < 1.29 is 9.32 Å². The molecule has 4 aromatic rings. The van der Waals surface area contributed by atoms with Crippen LogP contribution in [-0.2, 0) is 17.6 Å². The van der Waals surface area contributed by atoms with Gasteiger partial charge in [-0.05, 0) is 35.6 Å². The molecule has 0 saturated carbocycles. The number of nitrogens with zero attached hydrogens (tertiary/aromatic N) is 4. The quantitative estimate of drug-likeness (QED) is 0.428. The summed E-state index contributed by atoms with van der Waals surface area (Å²) >= 11 is 0. The minimum atomic E-state index is -0.0403. The molecule has 0 bridgehead atoms. The summed E-state index contributed by atoms with van der Waals surface area (Å²) in [5, 5.41) is 11.4. The van der Waals surface area contributed by atoms with E-state index in [0.717, 1.165) is 23.2 Å². The number of amides is 1. The second-order valence-electron chi connectivity index (χ2n) is 8.02. The standard InChI is InChI=1S/C25H27N5O2/c1-18(2)20-8-10-21(11-9-20)25-28-24(32-29-25)13-12-23(31)26-15-14-19-16-27-30(17-19)22-6-4-3-5-7-22/h3-11,16-18H,12-15H2,1-2H3,(H,26,31). The molecule has 32 heavy (non-hydrogen) atoms. The monoisotopic (exact) mass is 429 g/mol. The fourth-order valence-electron chi connectivity index (χ4n) is 3.36. The maximum atomic E-state index is 12.2.